The molecule has 5 nitrogen and oxygen atoms in total. The van der Waals surface area contributed by atoms with Crippen molar-refractivity contribution in [3.8, 4) is 5.95 Å². The standard InChI is InChI=1S/C9H10ClN5/c1-5-8(10)6(2)15(14-5)9-12-3-7(11)4-13-9/h3-4H,11H2,1-2H3. The van der Waals surface area contributed by atoms with Crippen LogP contribution in [0.1, 0.15) is 11.4 Å². The Bertz CT molecular complexity index is 488. The zero-order chi connectivity index (χ0) is 11.0. The van der Waals surface area contributed by atoms with Gasteiger partial charge in [-0.05, 0) is 13.8 Å². The van der Waals surface area contributed by atoms with E-state index in [0.29, 0.717) is 16.7 Å². The summed E-state index contributed by atoms with van der Waals surface area (Å²) in [5, 5.41) is 4.86. The van der Waals surface area contributed by atoms with Gasteiger partial charge in [0.15, 0.2) is 0 Å². The summed E-state index contributed by atoms with van der Waals surface area (Å²) in [6.45, 7) is 3.70. The maximum atomic E-state index is 6.02. The van der Waals surface area contributed by atoms with Crippen molar-refractivity contribution < 1.29 is 0 Å². The minimum absolute atomic E-state index is 0.469. The number of nitrogen functional groups attached to an aromatic ring is 1. The lowest BCUT2D eigenvalue weighted by Gasteiger charge is -2.01. The van der Waals surface area contributed by atoms with E-state index in [0.717, 1.165) is 11.4 Å². The molecule has 78 valence electrons. The quantitative estimate of drug-likeness (QED) is 0.796. The van der Waals surface area contributed by atoms with E-state index in [9.17, 15) is 0 Å². The Morgan fingerprint density at radius 2 is 1.87 bits per heavy atom. The topological polar surface area (TPSA) is 69.6 Å². The highest BCUT2D eigenvalue weighted by molar-refractivity contribution is 6.31. The zero-order valence-electron chi connectivity index (χ0n) is 8.40. The van der Waals surface area contributed by atoms with Crippen LogP contribution in [0.25, 0.3) is 5.95 Å². The number of hydrogen-bond donors (Lipinski definition) is 1. The number of aromatic nitrogens is 4. The van der Waals surface area contributed by atoms with Gasteiger partial charge in [-0.15, -0.1) is 0 Å². The highest BCUT2D eigenvalue weighted by atomic mass is 35.5. The monoisotopic (exact) mass is 223 g/mol. The summed E-state index contributed by atoms with van der Waals surface area (Å²) in [6.07, 6.45) is 3.07. The third-order valence-corrected chi connectivity index (χ3v) is 2.60. The summed E-state index contributed by atoms with van der Waals surface area (Å²) in [4.78, 5) is 8.14. The van der Waals surface area contributed by atoms with Gasteiger partial charge in [0.25, 0.3) is 5.95 Å². The number of rotatable bonds is 1. The van der Waals surface area contributed by atoms with E-state index in [1.807, 2.05) is 13.8 Å². The second-order valence-corrected chi connectivity index (χ2v) is 3.59. The van der Waals surface area contributed by atoms with E-state index in [1.165, 1.54) is 12.4 Å². The highest BCUT2D eigenvalue weighted by Gasteiger charge is 2.11. The van der Waals surface area contributed by atoms with Crippen molar-refractivity contribution in [3.05, 3.63) is 28.8 Å². The van der Waals surface area contributed by atoms with Gasteiger partial charge in [0.2, 0.25) is 0 Å². The molecular formula is C9H10ClN5. The number of nitrogens with two attached hydrogens (primary N) is 1. The average molecular weight is 224 g/mol. The second kappa shape index (κ2) is 3.51. The second-order valence-electron chi connectivity index (χ2n) is 3.21. The van der Waals surface area contributed by atoms with Crippen molar-refractivity contribution in [3.63, 3.8) is 0 Å². The maximum absolute atomic E-state index is 6.02. The van der Waals surface area contributed by atoms with Gasteiger partial charge < -0.3 is 5.73 Å². The Balaban J connectivity index is 2.54. The Morgan fingerprint density at radius 3 is 2.33 bits per heavy atom. The van der Waals surface area contributed by atoms with E-state index < -0.39 is 0 Å². The molecule has 2 aromatic rings. The van der Waals surface area contributed by atoms with Crippen LogP contribution in [-0.2, 0) is 0 Å². The fourth-order valence-electron chi connectivity index (χ4n) is 1.26. The molecule has 0 atom stereocenters. The van der Waals surface area contributed by atoms with Crippen LogP contribution in [0.15, 0.2) is 12.4 Å². The Morgan fingerprint density at radius 1 is 1.27 bits per heavy atom. The molecule has 0 radical (unpaired) electrons. The Labute approximate surface area is 91.9 Å². The molecule has 0 aromatic carbocycles. The lowest BCUT2D eigenvalue weighted by molar-refractivity contribution is 0.774. The molecule has 15 heavy (non-hydrogen) atoms. The molecule has 2 heterocycles. The smallest absolute Gasteiger partial charge is 0.250 e. The summed E-state index contributed by atoms with van der Waals surface area (Å²) in [5.74, 6) is 0.469. The highest BCUT2D eigenvalue weighted by Crippen LogP contribution is 2.20. The molecule has 0 amide bonds. The number of aryl methyl sites for hydroxylation is 1. The van der Waals surface area contributed by atoms with Crippen LogP contribution in [0.5, 0.6) is 0 Å². The summed E-state index contributed by atoms with van der Waals surface area (Å²) in [6, 6.07) is 0. The zero-order valence-corrected chi connectivity index (χ0v) is 9.15. The van der Waals surface area contributed by atoms with Crippen molar-refractivity contribution >= 4 is 17.3 Å². The van der Waals surface area contributed by atoms with Crippen molar-refractivity contribution in [2.75, 3.05) is 5.73 Å². The summed E-state index contributed by atoms with van der Waals surface area (Å²) < 4.78 is 1.59. The molecule has 0 aliphatic carbocycles. The normalized spacial score (nSPS) is 10.6. The molecule has 0 spiro atoms. The van der Waals surface area contributed by atoms with E-state index in [1.54, 1.807) is 4.68 Å². The molecule has 0 bridgehead atoms. The van der Waals surface area contributed by atoms with Crippen LogP contribution in [0, 0.1) is 13.8 Å². The van der Waals surface area contributed by atoms with Crippen LogP contribution in [0.2, 0.25) is 5.02 Å². The minimum Gasteiger partial charge on any atom is -0.396 e. The molecule has 6 heteroatoms. The van der Waals surface area contributed by atoms with Crippen LogP contribution in [0.4, 0.5) is 5.69 Å². The first-order chi connectivity index (χ1) is 7.09. The van der Waals surface area contributed by atoms with Gasteiger partial charge in [-0.25, -0.2) is 14.6 Å². The van der Waals surface area contributed by atoms with Crippen molar-refractivity contribution in [1.29, 1.82) is 0 Å². The van der Waals surface area contributed by atoms with Crippen molar-refractivity contribution in [2.24, 2.45) is 0 Å². The molecule has 2 aromatic heterocycles. The number of hydrogen-bond acceptors (Lipinski definition) is 4. The predicted molar refractivity (Wildman–Crippen MR) is 58.1 cm³/mol. The molecule has 2 rings (SSSR count). The summed E-state index contributed by atoms with van der Waals surface area (Å²) >= 11 is 6.02. The third kappa shape index (κ3) is 1.66. The molecule has 0 saturated carbocycles. The van der Waals surface area contributed by atoms with Crippen molar-refractivity contribution in [2.45, 2.75) is 13.8 Å². The maximum Gasteiger partial charge on any atom is 0.250 e. The molecule has 0 fully saturated rings. The lowest BCUT2D eigenvalue weighted by atomic mass is 10.4. The van der Waals surface area contributed by atoms with E-state index >= 15 is 0 Å². The van der Waals surface area contributed by atoms with Gasteiger partial charge in [-0.2, -0.15) is 5.10 Å². The van der Waals surface area contributed by atoms with E-state index in [2.05, 4.69) is 15.1 Å². The summed E-state index contributed by atoms with van der Waals surface area (Å²) in [7, 11) is 0. The molecule has 0 aliphatic rings. The van der Waals surface area contributed by atoms with Gasteiger partial charge in [0.05, 0.1) is 34.5 Å². The van der Waals surface area contributed by atoms with Gasteiger partial charge in [0, 0.05) is 0 Å². The first-order valence-electron chi connectivity index (χ1n) is 4.39. The molecule has 0 aliphatic heterocycles. The first-order valence-corrected chi connectivity index (χ1v) is 4.77. The predicted octanol–water partition coefficient (Wildman–Crippen LogP) is 1.51. The number of anilines is 1. The number of nitrogens with zero attached hydrogens (tertiary/aromatic N) is 4. The van der Waals surface area contributed by atoms with Gasteiger partial charge in [-0.1, -0.05) is 11.6 Å². The first kappa shape index (κ1) is 9.92. The molecule has 0 saturated heterocycles. The summed E-state index contributed by atoms with van der Waals surface area (Å²) in [5.41, 5.74) is 7.59. The van der Waals surface area contributed by atoms with E-state index in [4.69, 9.17) is 17.3 Å². The van der Waals surface area contributed by atoms with Crippen LogP contribution in [0.3, 0.4) is 0 Å². The Hall–Kier alpha value is -1.62. The average Bonchev–Trinajstić information content (AvgIpc) is 2.47. The molecule has 0 unspecified atom stereocenters. The van der Waals surface area contributed by atoms with Gasteiger partial charge in [0.1, 0.15) is 0 Å². The fraction of sp³-hybridized carbons (Fsp3) is 0.222. The van der Waals surface area contributed by atoms with E-state index in [-0.39, 0.29) is 0 Å². The van der Waals surface area contributed by atoms with Gasteiger partial charge in [-0.3, -0.25) is 0 Å². The molecule has 2 N–H and O–H groups in total. The molecular weight excluding hydrogens is 214 g/mol. The number of halogens is 1. The van der Waals surface area contributed by atoms with Crippen LogP contribution < -0.4 is 5.73 Å². The third-order valence-electron chi connectivity index (χ3n) is 2.05. The minimum atomic E-state index is 0.469. The van der Waals surface area contributed by atoms with Crippen LogP contribution in [-0.4, -0.2) is 19.7 Å². The van der Waals surface area contributed by atoms with Crippen LogP contribution >= 0.6 is 11.6 Å². The fourth-order valence-corrected chi connectivity index (χ4v) is 1.38. The Kier molecular flexibility index (Phi) is 2.32. The van der Waals surface area contributed by atoms with Crippen molar-refractivity contribution in [1.82, 2.24) is 19.7 Å². The SMILES string of the molecule is Cc1nn(-c2ncc(N)cn2)c(C)c1Cl. The van der Waals surface area contributed by atoms with Gasteiger partial charge >= 0.3 is 0 Å². The largest absolute Gasteiger partial charge is 0.396 e. The lowest BCUT2D eigenvalue weighted by Crippen LogP contribution is -2.05.